The number of nitrogens with zero attached hydrogens (tertiary/aromatic N) is 3. The number of rotatable bonds is 7. The molecule has 0 saturated heterocycles. The Kier molecular flexibility index (Phi) is 5.31. The minimum absolute atomic E-state index is 0.0857. The van der Waals surface area contributed by atoms with Crippen LogP contribution in [0.4, 0.5) is 5.69 Å². The molecular weight excluding hydrogens is 312 g/mol. The summed E-state index contributed by atoms with van der Waals surface area (Å²) in [7, 11) is 0. The zero-order valence-electron chi connectivity index (χ0n) is 11.4. The van der Waals surface area contributed by atoms with E-state index in [4.69, 9.17) is 16.3 Å². The molecule has 116 valence electrons. The van der Waals surface area contributed by atoms with Gasteiger partial charge in [-0.3, -0.25) is 19.6 Å². The third-order valence-electron chi connectivity index (χ3n) is 2.68. The quantitative estimate of drug-likeness (QED) is 0.616. The number of ether oxygens (including phenoxy) is 1. The molecule has 22 heavy (non-hydrogen) atoms. The maximum Gasteiger partial charge on any atom is 0.306 e. The van der Waals surface area contributed by atoms with Gasteiger partial charge in [-0.05, 0) is 24.3 Å². The number of hydrogen-bond donors (Lipinski definition) is 1. The molecule has 2 rings (SSSR count). The number of aromatic nitrogens is 2. The predicted octanol–water partition coefficient (Wildman–Crippen LogP) is 1.64. The van der Waals surface area contributed by atoms with Crippen molar-refractivity contribution in [3.05, 3.63) is 51.8 Å². The van der Waals surface area contributed by atoms with Gasteiger partial charge in [-0.25, -0.2) is 0 Å². The fraction of sp³-hybridized carbons (Fsp3) is 0.231. The molecule has 8 nitrogen and oxygen atoms in total. The molecule has 0 fully saturated rings. The average molecular weight is 325 g/mol. The Morgan fingerprint density at radius 1 is 1.41 bits per heavy atom. The topological polar surface area (TPSA) is 99.3 Å². The summed E-state index contributed by atoms with van der Waals surface area (Å²) in [6.45, 7) is 0.503. The molecule has 0 aliphatic rings. The minimum Gasteiger partial charge on any atom is -0.484 e. The number of carbonyl (C=O) groups is 1. The fourth-order valence-corrected chi connectivity index (χ4v) is 1.74. The second kappa shape index (κ2) is 7.41. The van der Waals surface area contributed by atoms with E-state index in [1.54, 1.807) is 24.3 Å². The van der Waals surface area contributed by atoms with Crippen molar-refractivity contribution < 1.29 is 14.5 Å². The van der Waals surface area contributed by atoms with E-state index >= 15 is 0 Å². The molecule has 0 radical (unpaired) electrons. The Morgan fingerprint density at radius 2 is 2.14 bits per heavy atom. The molecule has 1 heterocycles. The Morgan fingerprint density at radius 3 is 2.77 bits per heavy atom. The smallest absolute Gasteiger partial charge is 0.306 e. The molecule has 0 aliphatic heterocycles. The second-order valence-corrected chi connectivity index (χ2v) is 4.75. The number of amides is 1. The van der Waals surface area contributed by atoms with Crippen molar-refractivity contribution in [2.75, 3.05) is 13.2 Å². The third kappa shape index (κ3) is 4.74. The zero-order valence-corrected chi connectivity index (χ0v) is 12.2. The molecule has 0 unspecified atom stereocenters. The molecule has 2 aromatic rings. The van der Waals surface area contributed by atoms with Gasteiger partial charge in [0.25, 0.3) is 5.91 Å². The third-order valence-corrected chi connectivity index (χ3v) is 2.93. The summed E-state index contributed by atoms with van der Waals surface area (Å²) in [4.78, 5) is 21.6. The summed E-state index contributed by atoms with van der Waals surface area (Å²) >= 11 is 5.74. The van der Waals surface area contributed by atoms with Crippen LogP contribution in [-0.2, 0) is 11.3 Å². The average Bonchev–Trinajstić information content (AvgIpc) is 2.96. The first kappa shape index (κ1) is 15.8. The first-order valence-corrected chi connectivity index (χ1v) is 6.74. The summed E-state index contributed by atoms with van der Waals surface area (Å²) < 4.78 is 6.67. The van der Waals surface area contributed by atoms with E-state index in [-0.39, 0.29) is 18.2 Å². The van der Waals surface area contributed by atoms with Gasteiger partial charge >= 0.3 is 5.69 Å². The van der Waals surface area contributed by atoms with Crippen molar-refractivity contribution in [3.63, 3.8) is 0 Å². The SMILES string of the molecule is O=C(COc1ccc(Cl)cc1)NCCn1cc([N+](=O)[O-])cn1. The van der Waals surface area contributed by atoms with Gasteiger partial charge < -0.3 is 10.1 Å². The van der Waals surface area contributed by atoms with Crippen LogP contribution in [0.1, 0.15) is 0 Å². The van der Waals surface area contributed by atoms with Crippen LogP contribution in [0.2, 0.25) is 5.02 Å². The summed E-state index contributed by atoms with van der Waals surface area (Å²) in [6.07, 6.45) is 2.46. The van der Waals surface area contributed by atoms with Crippen molar-refractivity contribution in [1.29, 1.82) is 0 Å². The van der Waals surface area contributed by atoms with Crippen LogP contribution in [0.25, 0.3) is 0 Å². The number of carbonyl (C=O) groups excluding carboxylic acids is 1. The Balaban J connectivity index is 1.69. The summed E-state index contributed by atoms with van der Waals surface area (Å²) in [5, 5.41) is 17.5. The van der Waals surface area contributed by atoms with Crippen LogP contribution in [0.15, 0.2) is 36.7 Å². The molecule has 1 amide bonds. The highest BCUT2D eigenvalue weighted by Crippen LogP contribution is 2.15. The lowest BCUT2D eigenvalue weighted by atomic mass is 10.3. The monoisotopic (exact) mass is 324 g/mol. The van der Waals surface area contributed by atoms with Crippen molar-refractivity contribution in [2.45, 2.75) is 6.54 Å². The highest BCUT2D eigenvalue weighted by molar-refractivity contribution is 6.30. The van der Waals surface area contributed by atoms with Crippen molar-refractivity contribution in [2.24, 2.45) is 0 Å². The van der Waals surface area contributed by atoms with Gasteiger partial charge in [0.15, 0.2) is 6.61 Å². The van der Waals surface area contributed by atoms with Crippen LogP contribution in [-0.4, -0.2) is 33.8 Å². The van der Waals surface area contributed by atoms with Crippen molar-refractivity contribution in [1.82, 2.24) is 15.1 Å². The number of hydrogen-bond acceptors (Lipinski definition) is 5. The van der Waals surface area contributed by atoms with E-state index in [2.05, 4.69) is 10.4 Å². The highest BCUT2D eigenvalue weighted by Gasteiger charge is 2.08. The first-order chi connectivity index (χ1) is 10.5. The van der Waals surface area contributed by atoms with Gasteiger partial charge in [0, 0.05) is 11.6 Å². The number of benzene rings is 1. The number of nitrogens with one attached hydrogen (secondary N) is 1. The van der Waals surface area contributed by atoms with Gasteiger partial charge in [0.05, 0.1) is 11.5 Å². The van der Waals surface area contributed by atoms with E-state index in [1.807, 2.05) is 0 Å². The van der Waals surface area contributed by atoms with E-state index < -0.39 is 4.92 Å². The fourth-order valence-electron chi connectivity index (χ4n) is 1.61. The molecule has 0 bridgehead atoms. The molecule has 0 saturated carbocycles. The largest absolute Gasteiger partial charge is 0.484 e. The van der Waals surface area contributed by atoms with E-state index in [9.17, 15) is 14.9 Å². The second-order valence-electron chi connectivity index (χ2n) is 4.31. The molecule has 0 aliphatic carbocycles. The maximum absolute atomic E-state index is 11.6. The van der Waals surface area contributed by atoms with E-state index in [1.165, 1.54) is 10.9 Å². The predicted molar refractivity (Wildman–Crippen MR) is 78.8 cm³/mol. The maximum atomic E-state index is 11.6. The van der Waals surface area contributed by atoms with Gasteiger partial charge in [-0.2, -0.15) is 5.10 Å². The van der Waals surface area contributed by atoms with Gasteiger partial charge in [0.2, 0.25) is 0 Å². The summed E-state index contributed by atoms with van der Waals surface area (Å²) in [5.41, 5.74) is -0.0857. The number of nitro groups is 1. The lowest BCUT2D eigenvalue weighted by molar-refractivity contribution is -0.385. The zero-order chi connectivity index (χ0) is 15.9. The molecule has 0 spiro atoms. The normalized spacial score (nSPS) is 10.2. The van der Waals surface area contributed by atoms with E-state index in [0.717, 1.165) is 6.20 Å². The highest BCUT2D eigenvalue weighted by atomic mass is 35.5. The minimum atomic E-state index is -0.526. The molecule has 1 aromatic carbocycles. The van der Waals surface area contributed by atoms with Crippen LogP contribution in [0, 0.1) is 10.1 Å². The molecule has 1 N–H and O–H groups in total. The van der Waals surface area contributed by atoms with Gasteiger partial charge in [-0.1, -0.05) is 11.6 Å². The van der Waals surface area contributed by atoms with Crippen LogP contribution >= 0.6 is 11.6 Å². The van der Waals surface area contributed by atoms with E-state index in [0.29, 0.717) is 23.9 Å². The van der Waals surface area contributed by atoms with Crippen molar-refractivity contribution in [3.8, 4) is 5.75 Å². The molecule has 9 heteroatoms. The van der Waals surface area contributed by atoms with Crippen LogP contribution in [0.3, 0.4) is 0 Å². The Labute approximate surface area is 130 Å². The molecule has 1 aromatic heterocycles. The van der Waals surface area contributed by atoms with Gasteiger partial charge in [0.1, 0.15) is 18.1 Å². The number of halogens is 1. The Bertz CT molecular complexity index is 656. The van der Waals surface area contributed by atoms with Crippen LogP contribution in [0.5, 0.6) is 5.75 Å². The lowest BCUT2D eigenvalue weighted by Crippen LogP contribution is -2.31. The standard InChI is InChI=1S/C13H13ClN4O4/c14-10-1-3-12(4-2-10)22-9-13(19)15-5-6-17-8-11(7-16-17)18(20)21/h1-4,7-8H,5-6,9H2,(H,15,19). The lowest BCUT2D eigenvalue weighted by Gasteiger charge is -2.07. The van der Waals surface area contributed by atoms with Crippen molar-refractivity contribution >= 4 is 23.2 Å². The van der Waals surface area contributed by atoms with Crippen LogP contribution < -0.4 is 10.1 Å². The molecule has 0 atom stereocenters. The van der Waals surface area contributed by atoms with Gasteiger partial charge in [-0.15, -0.1) is 0 Å². The summed E-state index contributed by atoms with van der Waals surface area (Å²) in [6, 6.07) is 6.66. The summed E-state index contributed by atoms with van der Waals surface area (Å²) in [5.74, 6) is 0.249. The first-order valence-electron chi connectivity index (χ1n) is 6.36. The molecular formula is C13H13ClN4O4. The Hall–Kier alpha value is -2.61.